The van der Waals surface area contributed by atoms with Crippen LogP contribution in [0.1, 0.15) is 11.1 Å². The lowest BCUT2D eigenvalue weighted by molar-refractivity contribution is -0.870. The molecule has 0 saturated heterocycles. The van der Waals surface area contributed by atoms with Crippen molar-refractivity contribution in [2.24, 2.45) is 0 Å². The Morgan fingerprint density at radius 3 is 2.54 bits per heavy atom. The molecule has 1 amide bonds. The number of likely N-dealkylation sites (N-methyl/N-ethyl adjacent to an activating group) is 1. The Bertz CT molecular complexity index is 765. The predicted octanol–water partition coefficient (Wildman–Crippen LogP) is 2.36. The molecule has 0 aromatic heterocycles. The molecule has 2 aromatic rings. The fraction of sp³-hybridized carbons (Fsp3) is 0.350. The summed E-state index contributed by atoms with van der Waals surface area (Å²) in [6.45, 7) is 3.16. The Morgan fingerprint density at radius 1 is 1.12 bits per heavy atom. The molecule has 0 spiro atoms. The van der Waals surface area contributed by atoms with E-state index in [2.05, 4.69) is 5.32 Å². The monoisotopic (exact) mass is 377 g/mol. The van der Waals surface area contributed by atoms with Crippen LogP contribution in [-0.4, -0.2) is 40.3 Å². The number of aryl methyl sites for hydroxylation is 1. The van der Waals surface area contributed by atoms with Gasteiger partial charge in [-0.05, 0) is 42.3 Å². The highest BCUT2D eigenvalue weighted by Crippen LogP contribution is 2.27. The summed E-state index contributed by atoms with van der Waals surface area (Å²) in [6.07, 6.45) is 0.843. The first-order chi connectivity index (χ1) is 12.4. The molecule has 2 aromatic carbocycles. The fourth-order valence-electron chi connectivity index (χ4n) is 2.68. The minimum absolute atomic E-state index is 0.0276. The van der Waals surface area contributed by atoms with Gasteiger partial charge in [-0.25, -0.2) is 0 Å². The average molecular weight is 378 g/mol. The number of hydrogen-bond donors (Lipinski definition) is 2. The van der Waals surface area contributed by atoms with Crippen LogP contribution >= 0.6 is 11.6 Å². The minimum atomic E-state index is -0.0276. The van der Waals surface area contributed by atoms with Crippen molar-refractivity contribution >= 4 is 23.2 Å². The predicted molar refractivity (Wildman–Crippen MR) is 105 cm³/mol. The molecular formula is C20H26ClN2O3+. The maximum absolute atomic E-state index is 12.3. The van der Waals surface area contributed by atoms with Crippen molar-refractivity contribution in [3.63, 3.8) is 0 Å². The number of methoxy groups -OCH3 is 2. The van der Waals surface area contributed by atoms with Crippen molar-refractivity contribution in [3.05, 3.63) is 52.5 Å². The van der Waals surface area contributed by atoms with Crippen LogP contribution in [0.15, 0.2) is 36.4 Å². The van der Waals surface area contributed by atoms with E-state index >= 15 is 0 Å². The van der Waals surface area contributed by atoms with Gasteiger partial charge in [-0.15, -0.1) is 0 Å². The number of halogens is 1. The van der Waals surface area contributed by atoms with Gasteiger partial charge in [0.05, 0.1) is 27.8 Å². The number of anilines is 1. The normalized spacial score (nSPS) is 11.7. The molecule has 1 atom stereocenters. The second-order valence-corrected chi connectivity index (χ2v) is 6.77. The van der Waals surface area contributed by atoms with Crippen molar-refractivity contribution in [1.29, 1.82) is 0 Å². The van der Waals surface area contributed by atoms with Crippen LogP contribution in [0.2, 0.25) is 5.02 Å². The van der Waals surface area contributed by atoms with Gasteiger partial charge < -0.3 is 19.7 Å². The quantitative estimate of drug-likeness (QED) is 0.742. The molecule has 0 aliphatic carbocycles. The third-order valence-electron chi connectivity index (χ3n) is 4.22. The molecule has 0 radical (unpaired) electrons. The molecule has 26 heavy (non-hydrogen) atoms. The van der Waals surface area contributed by atoms with E-state index in [4.69, 9.17) is 21.1 Å². The first kappa shape index (κ1) is 20.1. The highest BCUT2D eigenvalue weighted by molar-refractivity contribution is 6.31. The lowest BCUT2D eigenvalue weighted by Crippen LogP contribution is -3.10. The number of amides is 1. The van der Waals surface area contributed by atoms with E-state index in [0.29, 0.717) is 17.3 Å². The molecular weight excluding hydrogens is 352 g/mol. The Balaban J connectivity index is 1.87. The Kier molecular flexibility index (Phi) is 7.30. The summed E-state index contributed by atoms with van der Waals surface area (Å²) < 4.78 is 10.6. The van der Waals surface area contributed by atoms with Gasteiger partial charge in [0.15, 0.2) is 18.0 Å². The van der Waals surface area contributed by atoms with Gasteiger partial charge in [0.2, 0.25) is 0 Å². The Hall–Kier alpha value is -2.24. The van der Waals surface area contributed by atoms with Gasteiger partial charge in [-0.1, -0.05) is 23.7 Å². The molecule has 2 N–H and O–H groups in total. The highest BCUT2D eigenvalue weighted by atomic mass is 35.5. The summed E-state index contributed by atoms with van der Waals surface area (Å²) in [6, 6.07) is 11.4. The third kappa shape index (κ3) is 5.64. The molecule has 6 heteroatoms. The fourth-order valence-corrected chi connectivity index (χ4v) is 2.85. The van der Waals surface area contributed by atoms with Gasteiger partial charge in [-0.2, -0.15) is 0 Å². The number of ether oxygens (including phenoxy) is 2. The first-order valence-corrected chi connectivity index (χ1v) is 8.89. The zero-order valence-electron chi connectivity index (χ0n) is 15.7. The molecule has 0 aliphatic heterocycles. The summed E-state index contributed by atoms with van der Waals surface area (Å²) in [5.74, 6) is 1.41. The van der Waals surface area contributed by atoms with Crippen LogP contribution in [-0.2, 0) is 11.2 Å². The second kappa shape index (κ2) is 9.46. The second-order valence-electron chi connectivity index (χ2n) is 6.33. The summed E-state index contributed by atoms with van der Waals surface area (Å²) in [7, 11) is 5.25. The van der Waals surface area contributed by atoms with Crippen molar-refractivity contribution in [1.82, 2.24) is 0 Å². The zero-order valence-corrected chi connectivity index (χ0v) is 16.4. The van der Waals surface area contributed by atoms with Crippen LogP contribution in [0.4, 0.5) is 5.69 Å². The van der Waals surface area contributed by atoms with E-state index < -0.39 is 0 Å². The third-order valence-corrected chi connectivity index (χ3v) is 4.46. The molecule has 0 bridgehead atoms. The minimum Gasteiger partial charge on any atom is -0.493 e. The summed E-state index contributed by atoms with van der Waals surface area (Å²) >= 11 is 5.99. The van der Waals surface area contributed by atoms with Gasteiger partial charge in [0.1, 0.15) is 0 Å². The first-order valence-electron chi connectivity index (χ1n) is 8.51. The van der Waals surface area contributed by atoms with Crippen molar-refractivity contribution in [2.75, 3.05) is 39.7 Å². The maximum Gasteiger partial charge on any atom is 0.279 e. The molecule has 0 saturated carbocycles. The highest BCUT2D eigenvalue weighted by Gasteiger charge is 2.12. The van der Waals surface area contributed by atoms with Crippen LogP contribution in [0.25, 0.3) is 0 Å². The van der Waals surface area contributed by atoms with E-state index in [9.17, 15) is 4.79 Å². The zero-order chi connectivity index (χ0) is 19.1. The number of benzene rings is 2. The van der Waals surface area contributed by atoms with Crippen molar-refractivity contribution in [2.45, 2.75) is 13.3 Å². The van der Waals surface area contributed by atoms with Crippen LogP contribution < -0.4 is 19.7 Å². The maximum atomic E-state index is 12.3. The summed E-state index contributed by atoms with van der Waals surface area (Å²) in [5.41, 5.74) is 2.90. The molecule has 0 heterocycles. The summed E-state index contributed by atoms with van der Waals surface area (Å²) in [4.78, 5) is 13.4. The molecule has 2 rings (SSSR count). The van der Waals surface area contributed by atoms with Crippen LogP contribution in [0.5, 0.6) is 11.5 Å². The van der Waals surface area contributed by atoms with Gasteiger partial charge >= 0.3 is 0 Å². The SMILES string of the molecule is COc1ccc(CC[NH+](C)CC(=O)Nc2cc(Cl)ccc2C)cc1OC. The molecule has 0 aliphatic rings. The topological polar surface area (TPSA) is 52.0 Å². The molecule has 1 unspecified atom stereocenters. The molecule has 140 valence electrons. The van der Waals surface area contributed by atoms with Gasteiger partial charge in [0, 0.05) is 17.1 Å². The molecule has 0 fully saturated rings. The van der Waals surface area contributed by atoms with Gasteiger partial charge in [-0.3, -0.25) is 4.79 Å². The Morgan fingerprint density at radius 2 is 1.85 bits per heavy atom. The lowest BCUT2D eigenvalue weighted by atomic mass is 10.1. The number of nitrogens with one attached hydrogen (secondary N) is 2. The number of hydrogen-bond acceptors (Lipinski definition) is 3. The number of carbonyl (C=O) groups excluding carboxylic acids is 1. The average Bonchev–Trinajstić information content (AvgIpc) is 2.62. The Labute approximate surface area is 159 Å². The smallest absolute Gasteiger partial charge is 0.279 e. The number of quaternary nitrogens is 1. The largest absolute Gasteiger partial charge is 0.493 e. The van der Waals surface area contributed by atoms with E-state index in [1.807, 2.05) is 44.3 Å². The number of carbonyl (C=O) groups is 1. The van der Waals surface area contributed by atoms with Crippen molar-refractivity contribution in [3.8, 4) is 11.5 Å². The van der Waals surface area contributed by atoms with Crippen molar-refractivity contribution < 1.29 is 19.2 Å². The van der Waals surface area contributed by atoms with Gasteiger partial charge in [0.25, 0.3) is 5.91 Å². The van der Waals surface area contributed by atoms with Crippen LogP contribution in [0, 0.1) is 6.92 Å². The van der Waals surface area contributed by atoms with E-state index in [1.165, 1.54) is 0 Å². The number of rotatable bonds is 8. The molecule has 5 nitrogen and oxygen atoms in total. The standard InChI is InChI=1S/C20H25ClN2O3/c1-14-5-7-16(21)12-17(14)22-20(24)13-23(2)10-9-15-6-8-18(25-3)19(11-15)26-4/h5-8,11-12H,9-10,13H2,1-4H3,(H,22,24)/p+1. The van der Waals surface area contributed by atoms with E-state index in [0.717, 1.165) is 40.4 Å². The van der Waals surface area contributed by atoms with E-state index in [1.54, 1.807) is 20.3 Å². The van der Waals surface area contributed by atoms with E-state index in [-0.39, 0.29) is 5.91 Å². The van der Waals surface area contributed by atoms with Crippen LogP contribution in [0.3, 0.4) is 0 Å². The summed E-state index contributed by atoms with van der Waals surface area (Å²) in [5, 5.41) is 3.54. The lowest BCUT2D eigenvalue weighted by Gasteiger charge is -2.15.